The molecule has 0 aliphatic rings. The van der Waals surface area contributed by atoms with E-state index in [1.54, 1.807) is 24.3 Å². The number of benzene rings is 3. The lowest BCUT2D eigenvalue weighted by Gasteiger charge is -2.15. The van der Waals surface area contributed by atoms with Crippen molar-refractivity contribution in [2.24, 2.45) is 5.73 Å². The molecule has 5 aromatic rings. The standard InChI is InChI=1S/C26H22N6O2S/c1-16-11-13-18(14-12-16)24-28-20-10-6-5-9-19(20)25-30-31-26(32(24)25)35-15-21(33)29-22(23(27)34)17-7-3-2-4-8-17/h2-14,22H,15H2,1H3,(H2,27,34)(H,29,33)/t22-/m0/s1. The fourth-order valence-corrected chi connectivity index (χ4v) is 4.59. The monoisotopic (exact) mass is 482 g/mol. The molecule has 5 rings (SSSR count). The molecule has 2 amide bonds. The number of amides is 2. The molecule has 2 aromatic heterocycles. The third-order valence-corrected chi connectivity index (χ3v) is 6.51. The minimum atomic E-state index is -0.909. The molecule has 3 aromatic carbocycles. The van der Waals surface area contributed by atoms with Crippen molar-refractivity contribution in [3.8, 4) is 11.4 Å². The second kappa shape index (κ2) is 9.55. The van der Waals surface area contributed by atoms with Crippen LogP contribution in [0.2, 0.25) is 0 Å². The number of carbonyl (C=O) groups is 2. The summed E-state index contributed by atoms with van der Waals surface area (Å²) < 4.78 is 1.87. The number of aromatic nitrogens is 4. The highest BCUT2D eigenvalue weighted by Gasteiger charge is 2.22. The highest BCUT2D eigenvalue weighted by molar-refractivity contribution is 7.99. The molecular weight excluding hydrogens is 460 g/mol. The summed E-state index contributed by atoms with van der Waals surface area (Å²) in [5.41, 5.74) is 9.69. The van der Waals surface area contributed by atoms with E-state index in [2.05, 4.69) is 15.5 Å². The molecule has 35 heavy (non-hydrogen) atoms. The zero-order valence-corrected chi connectivity index (χ0v) is 19.7. The Kier molecular flexibility index (Phi) is 6.15. The maximum absolute atomic E-state index is 12.8. The van der Waals surface area contributed by atoms with E-state index in [0.29, 0.717) is 22.2 Å². The molecule has 0 fully saturated rings. The van der Waals surface area contributed by atoms with E-state index in [1.165, 1.54) is 11.8 Å². The van der Waals surface area contributed by atoms with Gasteiger partial charge in [0.05, 0.1) is 11.3 Å². The molecule has 0 bridgehead atoms. The lowest BCUT2D eigenvalue weighted by atomic mass is 10.1. The molecule has 3 N–H and O–H groups in total. The zero-order chi connectivity index (χ0) is 24.4. The summed E-state index contributed by atoms with van der Waals surface area (Å²) in [6.07, 6.45) is 0. The molecule has 9 heteroatoms. The summed E-state index contributed by atoms with van der Waals surface area (Å²) in [7, 11) is 0. The summed E-state index contributed by atoms with van der Waals surface area (Å²) in [6, 6.07) is 23.8. The number of hydrogen-bond acceptors (Lipinski definition) is 6. The molecule has 0 saturated heterocycles. The molecule has 0 spiro atoms. The number of carbonyl (C=O) groups excluding carboxylic acids is 2. The van der Waals surface area contributed by atoms with Gasteiger partial charge in [0.25, 0.3) is 0 Å². The number of fused-ring (bicyclic) bond motifs is 3. The maximum atomic E-state index is 12.8. The molecular formula is C26H22N6O2S. The van der Waals surface area contributed by atoms with Gasteiger partial charge in [0, 0.05) is 10.9 Å². The lowest BCUT2D eigenvalue weighted by molar-refractivity contribution is -0.126. The molecule has 0 aliphatic heterocycles. The van der Waals surface area contributed by atoms with Crippen LogP contribution < -0.4 is 11.1 Å². The Bertz CT molecular complexity index is 1530. The maximum Gasteiger partial charge on any atom is 0.244 e. The van der Waals surface area contributed by atoms with Crippen molar-refractivity contribution >= 4 is 40.1 Å². The van der Waals surface area contributed by atoms with Crippen LogP contribution in [0.1, 0.15) is 17.2 Å². The molecule has 1 atom stereocenters. The summed E-state index contributed by atoms with van der Waals surface area (Å²) in [6.45, 7) is 2.03. The predicted molar refractivity (Wildman–Crippen MR) is 136 cm³/mol. The molecule has 0 saturated carbocycles. The highest BCUT2D eigenvalue weighted by Crippen LogP contribution is 2.29. The first kappa shape index (κ1) is 22.5. The van der Waals surface area contributed by atoms with Crippen LogP contribution in [0.3, 0.4) is 0 Å². The normalized spacial score (nSPS) is 12.0. The Hall–Kier alpha value is -4.24. The minimum absolute atomic E-state index is 0.0254. The molecule has 8 nitrogen and oxygen atoms in total. The number of para-hydroxylation sites is 1. The smallest absolute Gasteiger partial charge is 0.244 e. The first-order valence-electron chi connectivity index (χ1n) is 11.0. The van der Waals surface area contributed by atoms with Gasteiger partial charge in [-0.25, -0.2) is 4.98 Å². The molecule has 2 heterocycles. The zero-order valence-electron chi connectivity index (χ0n) is 18.9. The molecule has 174 valence electrons. The van der Waals surface area contributed by atoms with Gasteiger partial charge in [0.15, 0.2) is 10.8 Å². The number of aryl methyl sites for hydroxylation is 1. The van der Waals surface area contributed by atoms with E-state index < -0.39 is 11.9 Å². The Labute approximate surface area is 205 Å². The number of nitrogens with one attached hydrogen (secondary N) is 1. The number of nitrogens with two attached hydrogens (primary N) is 1. The van der Waals surface area contributed by atoms with Crippen LogP contribution in [0.4, 0.5) is 0 Å². The number of thioether (sulfide) groups is 1. The number of primary amides is 1. The highest BCUT2D eigenvalue weighted by atomic mass is 32.2. The average Bonchev–Trinajstić information content (AvgIpc) is 3.31. The van der Waals surface area contributed by atoms with Gasteiger partial charge in [-0.15, -0.1) is 10.2 Å². The van der Waals surface area contributed by atoms with Crippen molar-refractivity contribution in [3.05, 3.63) is 90.0 Å². The first-order valence-corrected chi connectivity index (χ1v) is 12.0. The second-order valence-corrected chi connectivity index (χ2v) is 9.00. The van der Waals surface area contributed by atoms with Gasteiger partial charge in [0.1, 0.15) is 11.9 Å². The van der Waals surface area contributed by atoms with E-state index in [-0.39, 0.29) is 11.7 Å². The minimum Gasteiger partial charge on any atom is -0.368 e. The van der Waals surface area contributed by atoms with Crippen LogP contribution in [0, 0.1) is 6.92 Å². The van der Waals surface area contributed by atoms with Crippen LogP contribution in [0.25, 0.3) is 27.9 Å². The fourth-order valence-electron chi connectivity index (χ4n) is 3.85. The van der Waals surface area contributed by atoms with Gasteiger partial charge in [0.2, 0.25) is 11.8 Å². The van der Waals surface area contributed by atoms with Gasteiger partial charge in [-0.3, -0.25) is 14.0 Å². The Morgan fingerprint density at radius 1 is 0.971 bits per heavy atom. The summed E-state index contributed by atoms with van der Waals surface area (Å²) in [5, 5.41) is 12.9. The third-order valence-electron chi connectivity index (χ3n) is 5.58. The fraction of sp³-hybridized carbons (Fsp3) is 0.115. The first-order chi connectivity index (χ1) is 17.0. The van der Waals surface area contributed by atoms with E-state index in [0.717, 1.165) is 22.0 Å². The van der Waals surface area contributed by atoms with E-state index >= 15 is 0 Å². The second-order valence-electron chi connectivity index (χ2n) is 8.06. The van der Waals surface area contributed by atoms with Crippen molar-refractivity contribution in [1.82, 2.24) is 24.9 Å². The van der Waals surface area contributed by atoms with Crippen molar-refractivity contribution in [2.45, 2.75) is 18.1 Å². The van der Waals surface area contributed by atoms with Gasteiger partial charge in [-0.1, -0.05) is 84.1 Å². The largest absolute Gasteiger partial charge is 0.368 e. The molecule has 0 unspecified atom stereocenters. The van der Waals surface area contributed by atoms with Crippen molar-refractivity contribution in [1.29, 1.82) is 0 Å². The van der Waals surface area contributed by atoms with Gasteiger partial charge in [-0.2, -0.15) is 0 Å². The van der Waals surface area contributed by atoms with Crippen LogP contribution in [0.15, 0.2) is 84.0 Å². The quantitative estimate of drug-likeness (QED) is 0.342. The number of nitrogens with zero attached hydrogens (tertiary/aromatic N) is 4. The number of hydrogen-bond donors (Lipinski definition) is 2. The summed E-state index contributed by atoms with van der Waals surface area (Å²) >= 11 is 1.22. The van der Waals surface area contributed by atoms with Crippen molar-refractivity contribution < 1.29 is 9.59 Å². The molecule has 0 radical (unpaired) electrons. The average molecular weight is 483 g/mol. The van der Waals surface area contributed by atoms with E-state index in [1.807, 2.05) is 65.9 Å². The topological polar surface area (TPSA) is 115 Å². The van der Waals surface area contributed by atoms with Crippen LogP contribution in [-0.2, 0) is 9.59 Å². The van der Waals surface area contributed by atoms with Crippen molar-refractivity contribution in [2.75, 3.05) is 5.75 Å². The summed E-state index contributed by atoms with van der Waals surface area (Å²) in [4.78, 5) is 29.6. The molecule has 0 aliphatic carbocycles. The third kappa shape index (κ3) is 4.58. The Balaban J connectivity index is 1.47. The SMILES string of the molecule is Cc1ccc(-c2nc3ccccc3c3nnc(SCC(=O)N[C@H](C(N)=O)c4ccccc4)n23)cc1. The van der Waals surface area contributed by atoms with Crippen LogP contribution in [0.5, 0.6) is 0 Å². The summed E-state index contributed by atoms with van der Waals surface area (Å²) in [5.74, 6) is -0.256. The predicted octanol–water partition coefficient (Wildman–Crippen LogP) is 3.69. The number of rotatable bonds is 7. The van der Waals surface area contributed by atoms with Crippen LogP contribution >= 0.6 is 11.8 Å². The van der Waals surface area contributed by atoms with Gasteiger partial charge < -0.3 is 11.1 Å². The van der Waals surface area contributed by atoms with E-state index in [9.17, 15) is 9.59 Å². The lowest BCUT2D eigenvalue weighted by Crippen LogP contribution is -2.38. The van der Waals surface area contributed by atoms with Crippen molar-refractivity contribution in [3.63, 3.8) is 0 Å². The Morgan fingerprint density at radius 2 is 1.69 bits per heavy atom. The van der Waals surface area contributed by atoms with E-state index in [4.69, 9.17) is 10.7 Å². The van der Waals surface area contributed by atoms with Crippen LogP contribution in [-0.4, -0.2) is 37.1 Å². The van der Waals surface area contributed by atoms with Gasteiger partial charge in [-0.05, 0) is 24.6 Å². The Morgan fingerprint density at radius 3 is 2.43 bits per heavy atom. The van der Waals surface area contributed by atoms with Gasteiger partial charge >= 0.3 is 0 Å².